The van der Waals surface area contributed by atoms with Crippen molar-refractivity contribution < 1.29 is 23.1 Å². The summed E-state index contributed by atoms with van der Waals surface area (Å²) in [5, 5.41) is 10.6. The number of likely N-dealkylation sites (tertiary alicyclic amines) is 1. The van der Waals surface area contributed by atoms with Crippen molar-refractivity contribution in [2.45, 2.75) is 57.1 Å². The number of carbonyl (C=O) groups is 1. The van der Waals surface area contributed by atoms with Crippen molar-refractivity contribution in [1.82, 2.24) is 4.90 Å². The molecule has 3 aromatic rings. The van der Waals surface area contributed by atoms with Crippen LogP contribution in [0.3, 0.4) is 0 Å². The van der Waals surface area contributed by atoms with E-state index in [9.17, 15) is 23.1 Å². The average molecular weight is 482 g/mol. The lowest BCUT2D eigenvalue weighted by atomic mass is 9.66. The molecule has 0 aliphatic carbocycles. The molecule has 1 saturated heterocycles. The second-order valence-corrected chi connectivity index (χ2v) is 10.2. The van der Waals surface area contributed by atoms with Gasteiger partial charge in [0.25, 0.3) is 0 Å². The molecule has 0 radical (unpaired) electrons. The van der Waals surface area contributed by atoms with Crippen LogP contribution in [0.2, 0.25) is 0 Å². The average Bonchev–Trinajstić information content (AvgIpc) is 2.78. The van der Waals surface area contributed by atoms with Gasteiger partial charge in [0.05, 0.1) is 11.6 Å². The zero-order valence-electron chi connectivity index (χ0n) is 20.2. The van der Waals surface area contributed by atoms with Crippen molar-refractivity contribution in [2.24, 2.45) is 0 Å². The van der Waals surface area contributed by atoms with E-state index in [1.807, 2.05) is 24.0 Å². The fraction of sp³-hybridized carbons (Fsp3) is 0.345. The predicted octanol–water partition coefficient (Wildman–Crippen LogP) is 6.55. The number of carbonyl (C=O) groups excluding carboxylic acids is 1. The van der Waals surface area contributed by atoms with E-state index in [4.69, 9.17) is 0 Å². The monoisotopic (exact) mass is 481 g/mol. The Bertz CT molecular complexity index is 1200. The van der Waals surface area contributed by atoms with Crippen molar-refractivity contribution in [2.75, 3.05) is 6.54 Å². The van der Waals surface area contributed by atoms with E-state index in [2.05, 4.69) is 0 Å². The maximum absolute atomic E-state index is 14.2. The Labute approximate surface area is 204 Å². The Kier molecular flexibility index (Phi) is 6.78. The Hall–Kier alpha value is -3.12. The molecule has 3 aromatic carbocycles. The first-order chi connectivity index (χ1) is 16.5. The highest BCUT2D eigenvalue weighted by molar-refractivity contribution is 5.79. The van der Waals surface area contributed by atoms with E-state index in [1.54, 1.807) is 38.1 Å². The maximum Gasteiger partial charge on any atom is 0.223 e. The van der Waals surface area contributed by atoms with Gasteiger partial charge in [0.15, 0.2) is 0 Å². The molecule has 0 saturated carbocycles. The number of hydrogen-bond donors (Lipinski definition) is 1. The third kappa shape index (κ3) is 5.43. The summed E-state index contributed by atoms with van der Waals surface area (Å²) < 4.78 is 41.0. The first-order valence-corrected chi connectivity index (χ1v) is 11.8. The second kappa shape index (κ2) is 9.50. The Morgan fingerprint density at radius 3 is 2.17 bits per heavy atom. The molecule has 0 bridgehead atoms. The van der Waals surface area contributed by atoms with Gasteiger partial charge >= 0.3 is 0 Å². The van der Waals surface area contributed by atoms with Crippen LogP contribution in [-0.2, 0) is 10.2 Å². The van der Waals surface area contributed by atoms with Crippen LogP contribution in [0, 0.1) is 17.5 Å². The fourth-order valence-electron chi connectivity index (χ4n) is 5.32. The van der Waals surface area contributed by atoms with Crippen molar-refractivity contribution in [3.05, 3.63) is 95.3 Å². The molecule has 4 rings (SSSR count). The van der Waals surface area contributed by atoms with Gasteiger partial charge in [-0.2, -0.15) is 0 Å². The van der Waals surface area contributed by atoms with Crippen LogP contribution >= 0.6 is 0 Å². The van der Waals surface area contributed by atoms with E-state index >= 15 is 0 Å². The van der Waals surface area contributed by atoms with E-state index < -0.39 is 22.7 Å². The predicted molar refractivity (Wildman–Crippen MR) is 130 cm³/mol. The summed E-state index contributed by atoms with van der Waals surface area (Å²) in [6.45, 7) is 5.89. The van der Waals surface area contributed by atoms with E-state index in [0.29, 0.717) is 30.5 Å². The highest BCUT2D eigenvalue weighted by Gasteiger charge is 2.44. The van der Waals surface area contributed by atoms with Gasteiger partial charge in [-0.1, -0.05) is 36.4 Å². The summed E-state index contributed by atoms with van der Waals surface area (Å²) >= 11 is 0. The van der Waals surface area contributed by atoms with Crippen LogP contribution in [0.5, 0.6) is 0 Å². The molecule has 0 spiro atoms. The lowest BCUT2D eigenvalue weighted by Crippen LogP contribution is -2.49. The molecule has 35 heavy (non-hydrogen) atoms. The van der Waals surface area contributed by atoms with Gasteiger partial charge in [-0.25, -0.2) is 13.2 Å². The molecule has 1 heterocycles. The lowest BCUT2D eigenvalue weighted by Gasteiger charge is -2.46. The molecule has 6 heteroatoms. The van der Waals surface area contributed by atoms with Gasteiger partial charge in [-0.15, -0.1) is 0 Å². The first-order valence-electron chi connectivity index (χ1n) is 11.8. The fourth-order valence-corrected chi connectivity index (χ4v) is 5.32. The Morgan fingerprint density at radius 2 is 1.60 bits per heavy atom. The minimum Gasteiger partial charge on any atom is -0.390 e. The summed E-state index contributed by atoms with van der Waals surface area (Å²) in [6, 6.07) is 16.8. The van der Waals surface area contributed by atoms with Crippen LogP contribution in [-0.4, -0.2) is 28.1 Å². The molecular formula is C29H30F3NO2. The second-order valence-electron chi connectivity index (χ2n) is 10.2. The van der Waals surface area contributed by atoms with Crippen molar-refractivity contribution in [1.29, 1.82) is 0 Å². The molecule has 2 atom stereocenters. The molecule has 1 amide bonds. The van der Waals surface area contributed by atoms with Crippen molar-refractivity contribution in [3.8, 4) is 11.1 Å². The van der Waals surface area contributed by atoms with E-state index in [-0.39, 0.29) is 24.2 Å². The van der Waals surface area contributed by atoms with Gasteiger partial charge in [0.2, 0.25) is 5.91 Å². The van der Waals surface area contributed by atoms with Crippen LogP contribution < -0.4 is 0 Å². The summed E-state index contributed by atoms with van der Waals surface area (Å²) in [7, 11) is 0. The highest BCUT2D eigenvalue weighted by atomic mass is 19.1. The molecule has 184 valence electrons. The third-order valence-electron chi connectivity index (χ3n) is 6.97. The van der Waals surface area contributed by atoms with E-state index in [0.717, 1.165) is 17.2 Å². The van der Waals surface area contributed by atoms with Gasteiger partial charge in [0.1, 0.15) is 17.5 Å². The molecule has 1 aliphatic rings. The van der Waals surface area contributed by atoms with Gasteiger partial charge < -0.3 is 10.0 Å². The number of hydrogen-bond acceptors (Lipinski definition) is 2. The van der Waals surface area contributed by atoms with Gasteiger partial charge in [0, 0.05) is 30.0 Å². The van der Waals surface area contributed by atoms with Crippen molar-refractivity contribution in [3.63, 3.8) is 0 Å². The van der Waals surface area contributed by atoms with E-state index in [1.165, 1.54) is 24.3 Å². The summed E-state index contributed by atoms with van der Waals surface area (Å²) in [4.78, 5) is 15.2. The van der Waals surface area contributed by atoms with Crippen LogP contribution in [0.1, 0.15) is 57.2 Å². The smallest absolute Gasteiger partial charge is 0.223 e. The van der Waals surface area contributed by atoms with Crippen LogP contribution in [0.15, 0.2) is 66.7 Å². The number of aliphatic hydroxyl groups is 1. The number of piperidine rings is 1. The van der Waals surface area contributed by atoms with Crippen LogP contribution in [0.4, 0.5) is 13.2 Å². The quantitative estimate of drug-likeness (QED) is 0.434. The van der Waals surface area contributed by atoms with Crippen LogP contribution in [0.25, 0.3) is 11.1 Å². The maximum atomic E-state index is 14.2. The standard InChI is InChI=1S/C29H30F3NO2/c1-19(20-4-6-21(7-5-20)25-13-12-24(31)16-26(25)32)33-15-14-29(17-27(33)34,18-28(2,3)35)22-8-10-23(30)11-9-22/h4-13,16,19,35H,14-15,17-18H2,1-3H3/t19-,29?/m0/s1. The summed E-state index contributed by atoms with van der Waals surface area (Å²) in [5.74, 6) is -1.62. The zero-order chi connectivity index (χ0) is 25.4. The molecule has 0 aromatic heterocycles. The SMILES string of the molecule is C[C@@H](c1ccc(-c2ccc(F)cc2F)cc1)N1CCC(CC(C)(C)O)(c2ccc(F)cc2)CC1=O. The third-order valence-corrected chi connectivity index (χ3v) is 6.97. The minimum atomic E-state index is -0.992. The molecule has 1 N–H and O–H groups in total. The largest absolute Gasteiger partial charge is 0.390 e. The zero-order valence-corrected chi connectivity index (χ0v) is 20.2. The first kappa shape index (κ1) is 25.0. The molecule has 3 nitrogen and oxygen atoms in total. The number of nitrogens with zero attached hydrogens (tertiary/aromatic N) is 1. The number of benzene rings is 3. The lowest BCUT2D eigenvalue weighted by molar-refractivity contribution is -0.139. The Morgan fingerprint density at radius 1 is 0.971 bits per heavy atom. The molecule has 1 aliphatic heterocycles. The van der Waals surface area contributed by atoms with Gasteiger partial charge in [-0.3, -0.25) is 4.79 Å². The minimum absolute atomic E-state index is 0.0361. The normalized spacial score (nSPS) is 19.6. The van der Waals surface area contributed by atoms with Gasteiger partial charge in [-0.05, 0) is 74.6 Å². The molecule has 1 unspecified atom stereocenters. The number of rotatable bonds is 6. The summed E-state index contributed by atoms with van der Waals surface area (Å²) in [6.07, 6.45) is 1.24. The topological polar surface area (TPSA) is 40.5 Å². The highest BCUT2D eigenvalue weighted by Crippen LogP contribution is 2.44. The van der Waals surface area contributed by atoms with Crippen molar-refractivity contribution >= 4 is 5.91 Å². The number of amides is 1. The number of halogens is 3. The molecule has 1 fully saturated rings. The Balaban J connectivity index is 1.55. The summed E-state index contributed by atoms with van der Waals surface area (Å²) in [5.41, 5.74) is 1.13. The molecular weight excluding hydrogens is 451 g/mol.